The summed E-state index contributed by atoms with van der Waals surface area (Å²) in [6.07, 6.45) is 0.805. The number of carbonyl (C=O) groups is 2. The van der Waals surface area contributed by atoms with Crippen LogP contribution in [0.25, 0.3) is 11.4 Å². The minimum atomic E-state index is -1.51. The lowest BCUT2D eigenvalue weighted by molar-refractivity contribution is -0.148. The van der Waals surface area contributed by atoms with Crippen molar-refractivity contribution in [2.24, 2.45) is 5.41 Å². The van der Waals surface area contributed by atoms with Gasteiger partial charge in [0, 0.05) is 13.1 Å². The summed E-state index contributed by atoms with van der Waals surface area (Å²) < 4.78 is 16.6. The van der Waals surface area contributed by atoms with Crippen molar-refractivity contribution in [1.82, 2.24) is 20.2 Å². The topological polar surface area (TPSA) is 96.2 Å². The van der Waals surface area contributed by atoms with Crippen LogP contribution < -0.4 is 10.6 Å². The second-order valence-corrected chi connectivity index (χ2v) is 9.03. The van der Waals surface area contributed by atoms with Gasteiger partial charge in [0.25, 0.3) is 5.91 Å². The second-order valence-electron chi connectivity index (χ2n) is 9.03. The van der Waals surface area contributed by atoms with E-state index >= 15 is 0 Å². The van der Waals surface area contributed by atoms with Crippen LogP contribution in [0.2, 0.25) is 0 Å². The third kappa shape index (κ3) is 3.84. The van der Waals surface area contributed by atoms with E-state index in [1.165, 1.54) is 13.0 Å². The molecule has 1 aliphatic rings. The van der Waals surface area contributed by atoms with E-state index in [1.54, 1.807) is 39.8 Å². The zero-order chi connectivity index (χ0) is 22.3. The molecule has 1 aromatic heterocycles. The number of aliphatic carboxylic acids is 1. The number of amides is 1. The summed E-state index contributed by atoms with van der Waals surface area (Å²) in [4.78, 5) is 29.7. The maximum atomic E-state index is 14.7. The molecule has 1 amide bonds. The highest BCUT2D eigenvalue weighted by Crippen LogP contribution is 2.32. The molecule has 30 heavy (non-hydrogen) atoms. The molecular formula is C22H29FN4O3. The van der Waals surface area contributed by atoms with Crippen LogP contribution in [0.4, 0.5) is 4.39 Å². The molecule has 3 rings (SSSR count). The van der Waals surface area contributed by atoms with Crippen molar-refractivity contribution in [2.75, 3.05) is 6.54 Å². The number of rotatable bonds is 4. The summed E-state index contributed by atoms with van der Waals surface area (Å²) in [7, 11) is 0. The van der Waals surface area contributed by atoms with E-state index in [-0.39, 0.29) is 5.69 Å². The first-order chi connectivity index (χ1) is 14.0. The number of aryl methyl sites for hydroxylation is 1. The predicted molar refractivity (Wildman–Crippen MR) is 112 cm³/mol. The summed E-state index contributed by atoms with van der Waals surface area (Å²) in [6, 6.07) is 4.90. The van der Waals surface area contributed by atoms with Gasteiger partial charge in [0.2, 0.25) is 0 Å². The number of fused-ring (bicyclic) bond motifs is 1. The standard InChI is InChI=1S/C22H29FN4O3/c1-13-7-8-14(15(23)11-13)18-25-17(16-12-24-9-6-10-27(16)18)19(28)26-22(5,20(29)30)21(2,3)4/h7-8,11,24H,6,9-10,12H2,1-5H3,(H,26,28)(H,29,30)/t22-/m1/s1. The van der Waals surface area contributed by atoms with E-state index < -0.39 is 28.6 Å². The van der Waals surface area contributed by atoms with Crippen LogP contribution in [0.5, 0.6) is 0 Å². The lowest BCUT2D eigenvalue weighted by atomic mass is 9.74. The molecule has 0 bridgehead atoms. The van der Waals surface area contributed by atoms with Crippen LogP contribution in [0.15, 0.2) is 18.2 Å². The molecule has 0 spiro atoms. The molecule has 3 N–H and O–H groups in total. The molecular weight excluding hydrogens is 387 g/mol. The van der Waals surface area contributed by atoms with Crippen LogP contribution in [0, 0.1) is 18.2 Å². The monoisotopic (exact) mass is 416 g/mol. The smallest absolute Gasteiger partial charge is 0.329 e. The fraction of sp³-hybridized carbons (Fsp3) is 0.500. The van der Waals surface area contributed by atoms with Crippen molar-refractivity contribution >= 4 is 11.9 Å². The number of hydrogen-bond acceptors (Lipinski definition) is 4. The lowest BCUT2D eigenvalue weighted by Crippen LogP contribution is -2.60. The van der Waals surface area contributed by atoms with Gasteiger partial charge in [-0.15, -0.1) is 0 Å². The van der Waals surface area contributed by atoms with Crippen molar-refractivity contribution in [3.05, 3.63) is 41.0 Å². The van der Waals surface area contributed by atoms with E-state index in [1.807, 2.05) is 4.57 Å². The molecule has 0 fully saturated rings. The number of carbonyl (C=O) groups excluding carboxylic acids is 1. The Bertz CT molecular complexity index is 993. The Balaban J connectivity index is 2.10. The van der Waals surface area contributed by atoms with Gasteiger partial charge in [-0.2, -0.15) is 0 Å². The third-order valence-electron chi connectivity index (χ3n) is 5.97. The first-order valence-electron chi connectivity index (χ1n) is 10.1. The van der Waals surface area contributed by atoms with Gasteiger partial charge in [0.15, 0.2) is 5.69 Å². The fourth-order valence-electron chi connectivity index (χ4n) is 3.51. The fourth-order valence-corrected chi connectivity index (χ4v) is 3.51. The van der Waals surface area contributed by atoms with Crippen LogP contribution in [0.3, 0.4) is 0 Å². The molecule has 162 valence electrons. The number of aromatic nitrogens is 2. The Morgan fingerprint density at radius 3 is 2.57 bits per heavy atom. The van der Waals surface area contributed by atoms with E-state index in [0.717, 1.165) is 18.5 Å². The molecule has 1 atom stereocenters. The van der Waals surface area contributed by atoms with Gasteiger partial charge in [-0.25, -0.2) is 14.2 Å². The Labute approximate surface area is 175 Å². The van der Waals surface area contributed by atoms with Gasteiger partial charge in [-0.05, 0) is 49.9 Å². The molecule has 0 saturated heterocycles. The highest BCUT2D eigenvalue weighted by molar-refractivity contribution is 5.98. The first kappa shape index (κ1) is 22.0. The average Bonchev–Trinajstić information content (AvgIpc) is 2.82. The second kappa shape index (κ2) is 7.83. The minimum Gasteiger partial charge on any atom is -0.479 e. The average molecular weight is 416 g/mol. The SMILES string of the molecule is Cc1ccc(-c2nc(C(=O)N[C@](C)(C(=O)O)C(C)(C)C)c3n2CCCNC3)c(F)c1. The van der Waals surface area contributed by atoms with Crippen LogP contribution >= 0.6 is 0 Å². The van der Waals surface area contributed by atoms with E-state index in [4.69, 9.17) is 0 Å². The van der Waals surface area contributed by atoms with E-state index in [0.29, 0.717) is 30.2 Å². The summed E-state index contributed by atoms with van der Waals surface area (Å²) in [6.45, 7) is 10.3. The Kier molecular flexibility index (Phi) is 5.73. The largest absolute Gasteiger partial charge is 0.479 e. The number of nitrogens with zero attached hydrogens (tertiary/aromatic N) is 2. The Morgan fingerprint density at radius 2 is 1.97 bits per heavy atom. The van der Waals surface area contributed by atoms with Gasteiger partial charge >= 0.3 is 5.97 Å². The summed E-state index contributed by atoms with van der Waals surface area (Å²) >= 11 is 0. The van der Waals surface area contributed by atoms with Crippen molar-refractivity contribution < 1.29 is 19.1 Å². The lowest BCUT2D eigenvalue weighted by Gasteiger charge is -2.38. The Morgan fingerprint density at radius 1 is 1.27 bits per heavy atom. The summed E-state index contributed by atoms with van der Waals surface area (Å²) in [5, 5.41) is 15.7. The van der Waals surface area contributed by atoms with Gasteiger partial charge in [-0.1, -0.05) is 26.8 Å². The Hall–Kier alpha value is -2.74. The highest BCUT2D eigenvalue weighted by Gasteiger charge is 2.46. The molecule has 0 aliphatic carbocycles. The number of carboxylic acids is 1. The van der Waals surface area contributed by atoms with E-state index in [2.05, 4.69) is 15.6 Å². The van der Waals surface area contributed by atoms with Crippen LogP contribution in [-0.2, 0) is 17.9 Å². The summed E-state index contributed by atoms with van der Waals surface area (Å²) in [5.41, 5.74) is -0.387. The maximum absolute atomic E-state index is 14.7. The van der Waals surface area contributed by atoms with Gasteiger partial charge in [-0.3, -0.25) is 4.79 Å². The van der Waals surface area contributed by atoms with Crippen molar-refractivity contribution in [3.63, 3.8) is 0 Å². The number of carboxylic acid groups (broad SMARTS) is 1. The van der Waals surface area contributed by atoms with Gasteiger partial charge < -0.3 is 20.3 Å². The normalized spacial score (nSPS) is 16.3. The quantitative estimate of drug-likeness (QED) is 0.712. The van der Waals surface area contributed by atoms with Gasteiger partial charge in [0.1, 0.15) is 17.2 Å². The molecule has 2 aromatic rings. The minimum absolute atomic E-state index is 0.121. The van der Waals surface area contributed by atoms with Gasteiger partial charge in [0.05, 0.1) is 11.3 Å². The van der Waals surface area contributed by atoms with Crippen LogP contribution in [0.1, 0.15) is 55.9 Å². The van der Waals surface area contributed by atoms with Crippen molar-refractivity contribution in [2.45, 2.75) is 59.7 Å². The zero-order valence-electron chi connectivity index (χ0n) is 18.1. The van der Waals surface area contributed by atoms with Crippen LogP contribution in [-0.4, -0.2) is 38.6 Å². The molecule has 1 aliphatic heterocycles. The van der Waals surface area contributed by atoms with E-state index in [9.17, 15) is 19.1 Å². The van der Waals surface area contributed by atoms with Crippen molar-refractivity contribution in [3.8, 4) is 11.4 Å². The number of halogens is 1. The number of benzene rings is 1. The number of hydrogen-bond donors (Lipinski definition) is 3. The zero-order valence-corrected chi connectivity index (χ0v) is 18.1. The third-order valence-corrected chi connectivity index (χ3v) is 5.97. The molecule has 0 unspecified atom stereocenters. The van der Waals surface area contributed by atoms with Crippen molar-refractivity contribution in [1.29, 1.82) is 0 Å². The summed E-state index contributed by atoms with van der Waals surface area (Å²) in [5.74, 6) is -1.74. The predicted octanol–water partition coefficient (Wildman–Crippen LogP) is 3.11. The molecule has 0 radical (unpaired) electrons. The molecule has 7 nitrogen and oxygen atoms in total. The molecule has 1 aromatic carbocycles. The number of imidazole rings is 1. The molecule has 2 heterocycles. The maximum Gasteiger partial charge on any atom is 0.329 e. The number of nitrogens with one attached hydrogen (secondary N) is 2. The molecule has 0 saturated carbocycles. The first-order valence-corrected chi connectivity index (χ1v) is 10.1. The highest BCUT2D eigenvalue weighted by atomic mass is 19.1. The molecule has 8 heteroatoms.